The fraction of sp³-hybridized carbons (Fsp3) is 0.333. The number of rotatable bonds is 5. The van der Waals surface area contributed by atoms with Crippen molar-refractivity contribution in [2.75, 3.05) is 6.61 Å². The molecule has 0 fully saturated rings. The molecule has 0 aliphatic carbocycles. The summed E-state index contributed by atoms with van der Waals surface area (Å²) in [6.07, 6.45) is 0.633. The zero-order chi connectivity index (χ0) is 15.4. The summed E-state index contributed by atoms with van der Waals surface area (Å²) in [6, 6.07) is 6.82. The number of hydrogen-bond donors (Lipinski definition) is 2. The maximum absolute atomic E-state index is 12.4. The van der Waals surface area contributed by atoms with Gasteiger partial charge < -0.3 is 14.9 Å². The van der Waals surface area contributed by atoms with Gasteiger partial charge in [0.15, 0.2) is 0 Å². The molecule has 0 aliphatic heterocycles. The highest BCUT2D eigenvalue weighted by Gasteiger charge is 2.24. The lowest BCUT2D eigenvalue weighted by molar-refractivity contribution is 0.0914. The van der Waals surface area contributed by atoms with Crippen molar-refractivity contribution in [3.8, 4) is 11.3 Å². The van der Waals surface area contributed by atoms with E-state index in [9.17, 15) is 9.90 Å². The minimum Gasteiger partial charge on any atom is -0.394 e. The molecule has 1 heterocycles. The zero-order valence-electron chi connectivity index (χ0n) is 11.9. The van der Waals surface area contributed by atoms with Gasteiger partial charge in [-0.2, -0.15) is 0 Å². The smallest absolute Gasteiger partial charge is 0.257 e. The Morgan fingerprint density at radius 1 is 1.48 bits per heavy atom. The van der Waals surface area contributed by atoms with E-state index >= 15 is 0 Å². The van der Waals surface area contributed by atoms with Crippen LogP contribution in [0, 0.1) is 6.92 Å². The van der Waals surface area contributed by atoms with Gasteiger partial charge in [0, 0.05) is 5.56 Å². The van der Waals surface area contributed by atoms with Crippen molar-refractivity contribution in [3.63, 3.8) is 0 Å². The molecule has 1 amide bonds. The Morgan fingerprint density at radius 3 is 2.81 bits per heavy atom. The largest absolute Gasteiger partial charge is 0.394 e. The molecule has 2 N–H and O–H groups in total. The van der Waals surface area contributed by atoms with E-state index in [-0.39, 0.29) is 18.6 Å². The molecule has 1 aromatic carbocycles. The third-order valence-electron chi connectivity index (χ3n) is 3.27. The number of aliphatic hydroxyl groups excluding tert-OH is 1. The Morgan fingerprint density at radius 2 is 2.19 bits per heavy atom. The number of nitrogens with zero attached hydrogens (tertiary/aromatic N) is 1. The standard InChI is InChI=1S/C15H17ClN2O3/c1-3-10(8-19)17-15(20)13-9(2)21-18-14(13)11-6-4-5-7-12(11)16/h4-7,10,19H,3,8H2,1-2H3,(H,17,20). The molecule has 2 aromatic rings. The van der Waals surface area contributed by atoms with Crippen molar-refractivity contribution in [3.05, 3.63) is 40.6 Å². The lowest BCUT2D eigenvalue weighted by atomic mass is 10.1. The number of carbonyl (C=O) groups excluding carboxylic acids is 1. The van der Waals surface area contributed by atoms with Crippen LogP contribution in [0.1, 0.15) is 29.5 Å². The predicted octanol–water partition coefficient (Wildman–Crippen LogP) is 2.80. The van der Waals surface area contributed by atoms with E-state index < -0.39 is 0 Å². The quantitative estimate of drug-likeness (QED) is 0.890. The van der Waals surface area contributed by atoms with Crippen LogP contribution in [-0.4, -0.2) is 28.8 Å². The molecule has 6 heteroatoms. The lowest BCUT2D eigenvalue weighted by Crippen LogP contribution is -2.37. The van der Waals surface area contributed by atoms with E-state index in [1.807, 2.05) is 13.0 Å². The third-order valence-corrected chi connectivity index (χ3v) is 3.60. The van der Waals surface area contributed by atoms with E-state index in [4.69, 9.17) is 16.1 Å². The van der Waals surface area contributed by atoms with Crippen LogP contribution in [0.5, 0.6) is 0 Å². The Hall–Kier alpha value is -1.85. The maximum atomic E-state index is 12.4. The first-order valence-corrected chi connectivity index (χ1v) is 7.09. The van der Waals surface area contributed by atoms with Gasteiger partial charge in [0.2, 0.25) is 0 Å². The number of amides is 1. The number of halogens is 1. The molecule has 2 rings (SSSR count). The first kappa shape index (κ1) is 15.5. The van der Waals surface area contributed by atoms with E-state index in [1.54, 1.807) is 25.1 Å². The molecule has 0 radical (unpaired) electrons. The monoisotopic (exact) mass is 308 g/mol. The summed E-state index contributed by atoms with van der Waals surface area (Å²) in [5.74, 6) is 0.0831. The van der Waals surface area contributed by atoms with E-state index in [0.29, 0.717) is 34.0 Å². The second-order valence-electron chi connectivity index (χ2n) is 4.70. The number of aliphatic hydroxyl groups is 1. The van der Waals surface area contributed by atoms with E-state index in [1.165, 1.54) is 0 Å². The summed E-state index contributed by atoms with van der Waals surface area (Å²) in [5.41, 5.74) is 1.39. The summed E-state index contributed by atoms with van der Waals surface area (Å²) in [4.78, 5) is 12.4. The Labute approximate surface area is 127 Å². The summed E-state index contributed by atoms with van der Waals surface area (Å²) in [6.45, 7) is 3.44. The van der Waals surface area contributed by atoms with Crippen molar-refractivity contribution in [2.24, 2.45) is 0 Å². The van der Waals surface area contributed by atoms with Gasteiger partial charge >= 0.3 is 0 Å². The SMILES string of the molecule is CCC(CO)NC(=O)c1c(-c2ccccc2Cl)noc1C. The van der Waals surface area contributed by atoms with Gasteiger partial charge in [-0.25, -0.2) is 0 Å². The molecule has 5 nitrogen and oxygen atoms in total. The van der Waals surface area contributed by atoms with Crippen LogP contribution < -0.4 is 5.32 Å². The third kappa shape index (κ3) is 3.25. The first-order valence-electron chi connectivity index (χ1n) is 6.71. The van der Waals surface area contributed by atoms with Gasteiger partial charge in [0.25, 0.3) is 5.91 Å². The molecule has 1 atom stereocenters. The maximum Gasteiger partial charge on any atom is 0.257 e. The molecule has 112 valence electrons. The van der Waals surface area contributed by atoms with Crippen molar-refractivity contribution in [1.82, 2.24) is 10.5 Å². The fourth-order valence-corrected chi connectivity index (χ4v) is 2.24. The van der Waals surface area contributed by atoms with E-state index in [2.05, 4.69) is 10.5 Å². The van der Waals surface area contributed by atoms with Crippen LogP contribution in [0.15, 0.2) is 28.8 Å². The fourth-order valence-electron chi connectivity index (χ4n) is 2.01. The highest BCUT2D eigenvalue weighted by atomic mass is 35.5. The molecule has 0 saturated carbocycles. The highest BCUT2D eigenvalue weighted by molar-refractivity contribution is 6.33. The summed E-state index contributed by atoms with van der Waals surface area (Å²) in [7, 11) is 0. The van der Waals surface area contributed by atoms with Crippen LogP contribution in [0.25, 0.3) is 11.3 Å². The number of aromatic nitrogens is 1. The molecule has 0 spiro atoms. The molecular weight excluding hydrogens is 292 g/mol. The number of carbonyl (C=O) groups is 1. The average molecular weight is 309 g/mol. The molecular formula is C15H17ClN2O3. The van der Waals surface area contributed by atoms with Gasteiger partial charge in [-0.1, -0.05) is 41.9 Å². The average Bonchev–Trinajstić information content (AvgIpc) is 2.86. The van der Waals surface area contributed by atoms with Crippen molar-refractivity contribution < 1.29 is 14.4 Å². The first-order chi connectivity index (χ1) is 10.1. The van der Waals surface area contributed by atoms with Crippen LogP contribution in [0.4, 0.5) is 0 Å². The predicted molar refractivity (Wildman–Crippen MR) is 80.3 cm³/mol. The van der Waals surface area contributed by atoms with Gasteiger partial charge in [-0.3, -0.25) is 4.79 Å². The minimum absolute atomic E-state index is 0.117. The van der Waals surface area contributed by atoms with Gasteiger partial charge in [0.05, 0.1) is 17.7 Å². The van der Waals surface area contributed by atoms with Crippen molar-refractivity contribution >= 4 is 17.5 Å². The van der Waals surface area contributed by atoms with Crippen LogP contribution in [-0.2, 0) is 0 Å². The number of aryl methyl sites for hydroxylation is 1. The second kappa shape index (κ2) is 6.74. The molecule has 1 aromatic heterocycles. The molecule has 0 bridgehead atoms. The number of nitrogens with one attached hydrogen (secondary N) is 1. The van der Waals surface area contributed by atoms with E-state index in [0.717, 1.165) is 0 Å². The number of hydrogen-bond acceptors (Lipinski definition) is 4. The highest BCUT2D eigenvalue weighted by Crippen LogP contribution is 2.30. The molecule has 0 aliphatic rings. The van der Waals surface area contributed by atoms with Crippen LogP contribution in [0.3, 0.4) is 0 Å². The Kier molecular flexibility index (Phi) is 4.98. The summed E-state index contributed by atoms with van der Waals surface area (Å²) in [5, 5.41) is 16.4. The summed E-state index contributed by atoms with van der Waals surface area (Å²) < 4.78 is 5.14. The Balaban J connectivity index is 2.39. The van der Waals surface area contributed by atoms with Gasteiger partial charge in [-0.15, -0.1) is 0 Å². The minimum atomic E-state index is -0.329. The van der Waals surface area contributed by atoms with Crippen molar-refractivity contribution in [2.45, 2.75) is 26.3 Å². The lowest BCUT2D eigenvalue weighted by Gasteiger charge is -2.14. The molecule has 1 unspecified atom stereocenters. The topological polar surface area (TPSA) is 75.4 Å². The second-order valence-corrected chi connectivity index (χ2v) is 5.11. The molecule has 21 heavy (non-hydrogen) atoms. The normalized spacial score (nSPS) is 12.2. The van der Waals surface area contributed by atoms with Gasteiger partial charge in [-0.05, 0) is 19.4 Å². The van der Waals surface area contributed by atoms with Gasteiger partial charge in [0.1, 0.15) is 17.0 Å². The Bertz CT molecular complexity index is 636. The van der Waals surface area contributed by atoms with Crippen LogP contribution >= 0.6 is 11.6 Å². The van der Waals surface area contributed by atoms with Crippen LogP contribution in [0.2, 0.25) is 5.02 Å². The summed E-state index contributed by atoms with van der Waals surface area (Å²) >= 11 is 6.15. The molecule has 0 saturated heterocycles. The number of benzene rings is 1. The van der Waals surface area contributed by atoms with Crippen molar-refractivity contribution in [1.29, 1.82) is 0 Å². The zero-order valence-corrected chi connectivity index (χ0v) is 12.6.